The zero-order valence-corrected chi connectivity index (χ0v) is 9.94. The number of thioether (sulfide) groups is 1. The number of nitrogens with one attached hydrogen (secondary N) is 1. The Hall–Kier alpha value is -0.130. The molecule has 0 fully saturated rings. The molecule has 10 heteroatoms. The number of hydrogen-bond donors (Lipinski definition) is 2. The van der Waals surface area contributed by atoms with Crippen LogP contribution < -0.4 is 5.73 Å². The number of nitrogens with two attached hydrogens (primary N) is 1. The molecule has 0 amide bonds. The number of rotatable bonds is 6. The first-order chi connectivity index (χ1) is 6.33. The van der Waals surface area contributed by atoms with Gasteiger partial charge in [-0.2, -0.15) is 4.31 Å². The Kier molecular flexibility index (Phi) is 6.31. The first-order valence-electron chi connectivity index (χ1n) is 3.36. The van der Waals surface area contributed by atoms with E-state index in [1.54, 1.807) is 0 Å². The van der Waals surface area contributed by atoms with Gasteiger partial charge in [-0.1, -0.05) is 11.8 Å². The minimum absolute atomic E-state index is 0.00119. The average molecular weight is 260 g/mol. The van der Waals surface area contributed by atoms with Gasteiger partial charge >= 0.3 is 15.5 Å². The summed E-state index contributed by atoms with van der Waals surface area (Å²) in [6, 6.07) is 0. The summed E-state index contributed by atoms with van der Waals surface area (Å²) in [7, 11) is -6.71. The van der Waals surface area contributed by atoms with Crippen LogP contribution in [-0.2, 0) is 22.5 Å². The third kappa shape index (κ3) is 8.47. The molecule has 0 radical (unpaired) electrons. The van der Waals surface area contributed by atoms with E-state index < -0.39 is 15.5 Å². The molecule has 3 N–H and O–H groups in total. The molecular formula is C4H10N2O5P2S. The van der Waals surface area contributed by atoms with Crippen molar-refractivity contribution in [1.29, 1.82) is 5.41 Å². The molecule has 0 aromatic rings. The standard InChI is InChI=1S/C4H10N2O5P2S/c1-13(9,11-12(7)8)10-2-3-14-4(5)6/h2-3H2,1H3,(H3,5,6). The molecule has 82 valence electrons. The topological polar surface area (TPSA) is 120 Å². The van der Waals surface area contributed by atoms with Crippen LogP contribution in [0.4, 0.5) is 0 Å². The Morgan fingerprint density at radius 3 is 2.64 bits per heavy atom. The highest BCUT2D eigenvalue weighted by Gasteiger charge is 2.19. The lowest BCUT2D eigenvalue weighted by Gasteiger charge is -2.08. The average Bonchev–Trinajstić information content (AvgIpc) is 1.95. The van der Waals surface area contributed by atoms with E-state index in [0.717, 1.165) is 18.4 Å². The van der Waals surface area contributed by atoms with E-state index in [1.165, 1.54) is 0 Å². The van der Waals surface area contributed by atoms with Crippen molar-refractivity contribution in [2.24, 2.45) is 5.73 Å². The largest absolute Gasteiger partial charge is 0.475 e. The Bertz CT molecular complexity index is 309. The van der Waals surface area contributed by atoms with Gasteiger partial charge in [-0.05, 0) is 0 Å². The number of amidine groups is 1. The van der Waals surface area contributed by atoms with Crippen molar-refractivity contribution >= 4 is 32.4 Å². The molecule has 0 aromatic heterocycles. The Morgan fingerprint density at radius 1 is 1.64 bits per heavy atom. The third-order valence-electron chi connectivity index (χ3n) is 0.882. The molecule has 0 bridgehead atoms. The van der Waals surface area contributed by atoms with Crippen LogP contribution in [0, 0.1) is 5.41 Å². The maximum atomic E-state index is 11.1. The summed E-state index contributed by atoms with van der Waals surface area (Å²) < 4.78 is 40.0. The normalized spacial score (nSPS) is 14.6. The van der Waals surface area contributed by atoms with E-state index >= 15 is 0 Å². The van der Waals surface area contributed by atoms with Crippen molar-refractivity contribution in [3.63, 3.8) is 0 Å². The van der Waals surface area contributed by atoms with Crippen LogP contribution in [0.1, 0.15) is 0 Å². The van der Waals surface area contributed by atoms with E-state index in [-0.39, 0.29) is 11.8 Å². The second-order valence-electron chi connectivity index (χ2n) is 2.12. The summed E-state index contributed by atoms with van der Waals surface area (Å²) in [5, 5.41) is 6.74. The molecule has 0 spiro atoms. The lowest BCUT2D eigenvalue weighted by atomic mass is 10.9. The molecule has 0 aromatic carbocycles. The second kappa shape index (κ2) is 6.37. The molecule has 0 rings (SSSR count). The molecule has 0 heterocycles. The third-order valence-corrected chi connectivity index (χ3v) is 3.93. The van der Waals surface area contributed by atoms with Crippen LogP contribution in [0.5, 0.6) is 0 Å². The molecule has 1 unspecified atom stereocenters. The molecule has 0 aliphatic heterocycles. The highest BCUT2D eigenvalue weighted by atomic mass is 32.2. The van der Waals surface area contributed by atoms with Crippen LogP contribution in [0.25, 0.3) is 0 Å². The first kappa shape index (κ1) is 13.9. The summed E-state index contributed by atoms with van der Waals surface area (Å²) in [6.45, 7) is 1.05. The maximum Gasteiger partial charge on any atom is 0.475 e. The van der Waals surface area contributed by atoms with Crippen molar-refractivity contribution < 1.29 is 22.5 Å². The Balaban J connectivity index is 3.77. The Morgan fingerprint density at radius 2 is 2.21 bits per heavy atom. The summed E-state index contributed by atoms with van der Waals surface area (Å²) in [5.74, 6) is 0.312. The van der Waals surface area contributed by atoms with Crippen LogP contribution in [0.2, 0.25) is 0 Å². The van der Waals surface area contributed by atoms with Gasteiger partial charge in [0, 0.05) is 12.4 Å². The van der Waals surface area contributed by atoms with Gasteiger partial charge in [0.25, 0.3) is 0 Å². The summed E-state index contributed by atoms with van der Waals surface area (Å²) in [5.41, 5.74) is 5.02. The predicted octanol–water partition coefficient (Wildman–Crippen LogP) is 1.56. The van der Waals surface area contributed by atoms with Crippen LogP contribution in [0.15, 0.2) is 0 Å². The minimum atomic E-state index is -3.53. The fraction of sp³-hybridized carbons (Fsp3) is 0.750. The van der Waals surface area contributed by atoms with E-state index in [1.807, 2.05) is 0 Å². The fourth-order valence-corrected chi connectivity index (χ4v) is 2.59. The van der Waals surface area contributed by atoms with Crippen molar-refractivity contribution in [1.82, 2.24) is 0 Å². The lowest BCUT2D eigenvalue weighted by molar-refractivity contribution is 0.285. The molecule has 14 heavy (non-hydrogen) atoms. The SMILES string of the molecule is CP(=O)(OCCSC(=N)N)OP(=O)=O. The zero-order chi connectivity index (χ0) is 11.2. The van der Waals surface area contributed by atoms with Crippen LogP contribution >= 0.6 is 27.3 Å². The Labute approximate surface area is 85.7 Å². The van der Waals surface area contributed by atoms with E-state index in [4.69, 9.17) is 11.1 Å². The lowest BCUT2D eigenvalue weighted by Crippen LogP contribution is -2.06. The van der Waals surface area contributed by atoms with Crippen molar-refractivity contribution in [3.8, 4) is 0 Å². The quantitative estimate of drug-likeness (QED) is 0.321. The monoisotopic (exact) mass is 260 g/mol. The molecule has 1 atom stereocenters. The summed E-state index contributed by atoms with van der Waals surface area (Å²) in [6.07, 6.45) is 0. The summed E-state index contributed by atoms with van der Waals surface area (Å²) in [4.78, 5) is 0. The molecule has 0 saturated heterocycles. The predicted molar refractivity (Wildman–Crippen MR) is 53.2 cm³/mol. The molecule has 0 aliphatic carbocycles. The van der Waals surface area contributed by atoms with Gasteiger partial charge in [-0.3, -0.25) is 9.97 Å². The van der Waals surface area contributed by atoms with Gasteiger partial charge in [0.15, 0.2) is 5.17 Å². The zero-order valence-electron chi connectivity index (χ0n) is 7.34. The highest BCUT2D eigenvalue weighted by molar-refractivity contribution is 8.13. The van der Waals surface area contributed by atoms with Crippen LogP contribution in [-0.4, -0.2) is 24.2 Å². The van der Waals surface area contributed by atoms with Gasteiger partial charge in [0.05, 0.1) is 6.61 Å². The minimum Gasteiger partial charge on any atom is -0.379 e. The van der Waals surface area contributed by atoms with Crippen molar-refractivity contribution in [2.45, 2.75) is 0 Å². The van der Waals surface area contributed by atoms with Gasteiger partial charge in [-0.25, -0.2) is 9.13 Å². The second-order valence-corrected chi connectivity index (χ2v) is 6.16. The fourth-order valence-electron chi connectivity index (χ4n) is 0.499. The highest BCUT2D eigenvalue weighted by Crippen LogP contribution is 2.48. The van der Waals surface area contributed by atoms with E-state index in [2.05, 4.69) is 8.83 Å². The van der Waals surface area contributed by atoms with Crippen molar-refractivity contribution in [3.05, 3.63) is 0 Å². The molecule has 0 aliphatic rings. The smallest absolute Gasteiger partial charge is 0.379 e. The maximum absolute atomic E-state index is 11.1. The molecule has 7 nitrogen and oxygen atoms in total. The van der Waals surface area contributed by atoms with E-state index in [9.17, 15) is 13.7 Å². The molecule has 0 saturated carbocycles. The van der Waals surface area contributed by atoms with Crippen molar-refractivity contribution in [2.75, 3.05) is 19.0 Å². The first-order valence-corrected chi connectivity index (χ1v) is 7.43. The van der Waals surface area contributed by atoms with Gasteiger partial charge in [0.2, 0.25) is 0 Å². The molecular weight excluding hydrogens is 250 g/mol. The van der Waals surface area contributed by atoms with Gasteiger partial charge in [0.1, 0.15) is 0 Å². The van der Waals surface area contributed by atoms with E-state index in [0.29, 0.717) is 5.75 Å². The summed E-state index contributed by atoms with van der Waals surface area (Å²) >= 11 is 0.999. The number of hydrogen-bond acceptors (Lipinski definition) is 7. The van der Waals surface area contributed by atoms with Gasteiger partial charge in [-0.15, -0.1) is 0 Å². The van der Waals surface area contributed by atoms with Crippen LogP contribution in [0.3, 0.4) is 0 Å². The van der Waals surface area contributed by atoms with Gasteiger partial charge < -0.3 is 10.3 Å².